The Bertz CT molecular complexity index is 404. The van der Waals surface area contributed by atoms with E-state index in [1.54, 1.807) is 6.07 Å². The van der Waals surface area contributed by atoms with Gasteiger partial charge in [-0.3, -0.25) is 0 Å². The quantitative estimate of drug-likeness (QED) is 0.546. The summed E-state index contributed by atoms with van der Waals surface area (Å²) in [6.45, 7) is 0. The summed E-state index contributed by atoms with van der Waals surface area (Å²) >= 11 is 0. The fourth-order valence-corrected chi connectivity index (χ4v) is 2.81. The molecule has 0 saturated carbocycles. The standard InChI is InChI=1S/C13H13F/c14-12-7-3-5-10-8-9-4-1-2-6-11(9)13(10)12/h3-5,7,11H,1-2,6,8H2. The molecule has 0 heterocycles. The van der Waals surface area contributed by atoms with Gasteiger partial charge in [-0.15, -0.1) is 0 Å². The number of fused-ring (bicyclic) bond motifs is 3. The molecular weight excluding hydrogens is 175 g/mol. The van der Waals surface area contributed by atoms with Crippen molar-refractivity contribution in [1.82, 2.24) is 0 Å². The van der Waals surface area contributed by atoms with Crippen LogP contribution in [0.1, 0.15) is 36.3 Å². The molecule has 2 aliphatic carbocycles. The highest BCUT2D eigenvalue weighted by atomic mass is 19.1. The first-order valence-corrected chi connectivity index (χ1v) is 5.32. The van der Waals surface area contributed by atoms with Gasteiger partial charge in [-0.25, -0.2) is 4.39 Å². The fourth-order valence-electron chi connectivity index (χ4n) is 2.81. The van der Waals surface area contributed by atoms with E-state index in [4.69, 9.17) is 0 Å². The highest BCUT2D eigenvalue weighted by molar-refractivity contribution is 5.47. The zero-order chi connectivity index (χ0) is 9.54. The largest absolute Gasteiger partial charge is 0.207 e. The van der Waals surface area contributed by atoms with Crippen molar-refractivity contribution in [2.75, 3.05) is 0 Å². The predicted molar refractivity (Wildman–Crippen MR) is 54.8 cm³/mol. The molecule has 0 spiro atoms. The van der Waals surface area contributed by atoms with Crippen LogP contribution in [0.5, 0.6) is 0 Å². The van der Waals surface area contributed by atoms with Crippen molar-refractivity contribution in [2.45, 2.75) is 31.6 Å². The Kier molecular flexibility index (Phi) is 1.73. The molecule has 1 heteroatoms. The molecule has 0 N–H and O–H groups in total. The van der Waals surface area contributed by atoms with Crippen molar-refractivity contribution in [3.05, 3.63) is 46.8 Å². The van der Waals surface area contributed by atoms with Crippen molar-refractivity contribution in [3.63, 3.8) is 0 Å². The highest BCUT2D eigenvalue weighted by Crippen LogP contribution is 2.44. The minimum atomic E-state index is -0.00204. The maximum absolute atomic E-state index is 13.6. The van der Waals surface area contributed by atoms with Gasteiger partial charge in [0.1, 0.15) is 5.82 Å². The number of hydrogen-bond acceptors (Lipinski definition) is 0. The third-order valence-corrected chi connectivity index (χ3v) is 3.44. The SMILES string of the molecule is Fc1cccc2c1C1CCCC=C1C2. The van der Waals surface area contributed by atoms with Crippen LogP contribution in [0.15, 0.2) is 29.8 Å². The number of hydrogen-bond donors (Lipinski definition) is 0. The molecule has 1 aromatic carbocycles. The van der Waals surface area contributed by atoms with Crippen LogP contribution < -0.4 is 0 Å². The Hall–Kier alpha value is -1.11. The average molecular weight is 188 g/mol. The van der Waals surface area contributed by atoms with E-state index in [0.717, 1.165) is 18.4 Å². The zero-order valence-corrected chi connectivity index (χ0v) is 8.09. The molecule has 0 amide bonds. The van der Waals surface area contributed by atoms with Gasteiger partial charge in [-0.1, -0.05) is 23.8 Å². The smallest absolute Gasteiger partial charge is 0.127 e. The first-order valence-electron chi connectivity index (χ1n) is 5.32. The van der Waals surface area contributed by atoms with E-state index in [0.29, 0.717) is 5.92 Å². The van der Waals surface area contributed by atoms with Gasteiger partial charge in [0.25, 0.3) is 0 Å². The molecule has 0 saturated heterocycles. The van der Waals surface area contributed by atoms with Gasteiger partial charge in [0, 0.05) is 5.92 Å². The second-order valence-electron chi connectivity index (χ2n) is 4.25. The second kappa shape index (κ2) is 2.94. The van der Waals surface area contributed by atoms with Crippen molar-refractivity contribution < 1.29 is 4.39 Å². The Morgan fingerprint density at radius 1 is 1.29 bits per heavy atom. The van der Waals surface area contributed by atoms with Gasteiger partial charge in [0.15, 0.2) is 0 Å². The summed E-state index contributed by atoms with van der Waals surface area (Å²) in [7, 11) is 0. The Labute approximate surface area is 83.5 Å². The molecule has 1 aromatic rings. The summed E-state index contributed by atoms with van der Waals surface area (Å²) in [6, 6.07) is 5.49. The van der Waals surface area contributed by atoms with E-state index in [1.165, 1.54) is 24.0 Å². The molecular formula is C13H13F. The average Bonchev–Trinajstić information content (AvgIpc) is 2.57. The molecule has 2 aliphatic rings. The topological polar surface area (TPSA) is 0 Å². The number of rotatable bonds is 0. The van der Waals surface area contributed by atoms with Gasteiger partial charge < -0.3 is 0 Å². The molecule has 0 radical (unpaired) electrons. The normalized spacial score (nSPS) is 24.1. The zero-order valence-electron chi connectivity index (χ0n) is 8.09. The highest BCUT2D eigenvalue weighted by Gasteiger charge is 2.30. The van der Waals surface area contributed by atoms with Crippen molar-refractivity contribution in [2.24, 2.45) is 0 Å². The van der Waals surface area contributed by atoms with Gasteiger partial charge in [-0.05, 0) is 42.9 Å². The van der Waals surface area contributed by atoms with Gasteiger partial charge in [0.05, 0.1) is 0 Å². The molecule has 3 rings (SSSR count). The first-order chi connectivity index (χ1) is 6.86. The van der Waals surface area contributed by atoms with Crippen LogP contribution in [0.25, 0.3) is 0 Å². The lowest BCUT2D eigenvalue weighted by Gasteiger charge is -2.18. The number of allylic oxidation sites excluding steroid dienone is 2. The summed E-state index contributed by atoms with van der Waals surface area (Å²) in [5.41, 5.74) is 3.65. The van der Waals surface area contributed by atoms with Crippen molar-refractivity contribution >= 4 is 0 Å². The van der Waals surface area contributed by atoms with E-state index < -0.39 is 0 Å². The lowest BCUT2D eigenvalue weighted by atomic mass is 9.87. The molecule has 1 atom stereocenters. The second-order valence-corrected chi connectivity index (χ2v) is 4.25. The summed E-state index contributed by atoms with van der Waals surface area (Å²) in [5.74, 6) is 0.401. The van der Waals surface area contributed by atoms with Crippen LogP contribution in [0.3, 0.4) is 0 Å². The molecule has 14 heavy (non-hydrogen) atoms. The summed E-state index contributed by atoms with van der Waals surface area (Å²) < 4.78 is 13.6. The summed E-state index contributed by atoms with van der Waals surface area (Å²) in [5, 5.41) is 0. The van der Waals surface area contributed by atoms with E-state index in [1.807, 2.05) is 6.07 Å². The summed E-state index contributed by atoms with van der Waals surface area (Å²) in [6.07, 6.45) is 6.83. The Morgan fingerprint density at radius 2 is 2.21 bits per heavy atom. The third-order valence-electron chi connectivity index (χ3n) is 3.44. The molecule has 0 aromatic heterocycles. The number of halogens is 1. The van der Waals surface area contributed by atoms with Gasteiger partial charge in [0.2, 0.25) is 0 Å². The Balaban J connectivity index is 2.16. The van der Waals surface area contributed by atoms with E-state index in [2.05, 4.69) is 12.1 Å². The van der Waals surface area contributed by atoms with Crippen molar-refractivity contribution in [1.29, 1.82) is 0 Å². The predicted octanol–water partition coefficient (Wildman–Crippen LogP) is 3.58. The van der Waals surface area contributed by atoms with Gasteiger partial charge >= 0.3 is 0 Å². The van der Waals surface area contributed by atoms with Crippen LogP contribution in [-0.4, -0.2) is 0 Å². The summed E-state index contributed by atoms with van der Waals surface area (Å²) in [4.78, 5) is 0. The third kappa shape index (κ3) is 1.05. The van der Waals surface area contributed by atoms with Crippen LogP contribution in [-0.2, 0) is 6.42 Å². The fraction of sp³-hybridized carbons (Fsp3) is 0.385. The molecule has 0 fully saturated rings. The first kappa shape index (κ1) is 8.22. The lowest BCUT2D eigenvalue weighted by molar-refractivity contribution is 0.571. The van der Waals surface area contributed by atoms with Crippen LogP contribution in [0.2, 0.25) is 0 Å². The van der Waals surface area contributed by atoms with Crippen LogP contribution >= 0.6 is 0 Å². The van der Waals surface area contributed by atoms with Gasteiger partial charge in [-0.2, -0.15) is 0 Å². The molecule has 0 aliphatic heterocycles. The van der Waals surface area contributed by atoms with E-state index >= 15 is 0 Å². The monoisotopic (exact) mass is 188 g/mol. The molecule has 72 valence electrons. The Morgan fingerprint density at radius 3 is 3.14 bits per heavy atom. The maximum atomic E-state index is 13.6. The number of benzene rings is 1. The van der Waals surface area contributed by atoms with Crippen LogP contribution in [0, 0.1) is 5.82 Å². The molecule has 0 nitrogen and oxygen atoms in total. The van der Waals surface area contributed by atoms with E-state index in [-0.39, 0.29) is 5.82 Å². The van der Waals surface area contributed by atoms with Crippen LogP contribution in [0.4, 0.5) is 4.39 Å². The maximum Gasteiger partial charge on any atom is 0.127 e. The lowest BCUT2D eigenvalue weighted by Crippen LogP contribution is -2.02. The minimum Gasteiger partial charge on any atom is -0.207 e. The molecule has 1 unspecified atom stereocenters. The minimum absolute atomic E-state index is 0.00204. The van der Waals surface area contributed by atoms with Crippen molar-refractivity contribution in [3.8, 4) is 0 Å². The van der Waals surface area contributed by atoms with E-state index in [9.17, 15) is 4.39 Å². The molecule has 0 bridgehead atoms.